The number of para-hydroxylation sites is 6. The Bertz CT molecular complexity index is 4390. The van der Waals surface area contributed by atoms with Crippen molar-refractivity contribution in [2.75, 3.05) is 9.80 Å². The van der Waals surface area contributed by atoms with Crippen molar-refractivity contribution < 1.29 is 18.9 Å². The molecule has 6 heterocycles. The molecule has 0 unspecified atom stereocenters. The van der Waals surface area contributed by atoms with E-state index in [0.717, 1.165) is 111 Å². The van der Waals surface area contributed by atoms with Crippen molar-refractivity contribution in [1.82, 2.24) is 19.9 Å². The van der Waals surface area contributed by atoms with Crippen LogP contribution in [0.2, 0.25) is 0 Å². The van der Waals surface area contributed by atoms with Gasteiger partial charge in [-0.25, -0.2) is 19.9 Å². The monoisotopic (exact) mass is 1100 g/mol. The van der Waals surface area contributed by atoms with Crippen molar-refractivity contribution in [2.45, 2.75) is 0 Å². The summed E-state index contributed by atoms with van der Waals surface area (Å²) in [4.78, 5) is 23.9. The summed E-state index contributed by atoms with van der Waals surface area (Å²) in [5.41, 5.74) is 11.2. The number of pyridine rings is 4. The van der Waals surface area contributed by atoms with Crippen LogP contribution in [0, 0.1) is 0 Å². The Morgan fingerprint density at radius 2 is 0.700 bits per heavy atom. The molecule has 10 nitrogen and oxygen atoms in total. The predicted molar refractivity (Wildman–Crippen MR) is 328 cm³/mol. The molecule has 384 valence electrons. The molecule has 0 saturated carbocycles. The number of fused-ring (bicyclic) bond motifs is 6. The Hall–Kier alpha value is -9.98. The molecule has 2 N–H and O–H groups in total. The van der Waals surface area contributed by atoms with Gasteiger partial charge in [0.2, 0.25) is 0 Å². The van der Waals surface area contributed by atoms with Crippen molar-refractivity contribution in [3.05, 3.63) is 284 Å². The van der Waals surface area contributed by atoms with E-state index in [1.807, 2.05) is 194 Å². The van der Waals surface area contributed by atoms with Gasteiger partial charge in [0.25, 0.3) is 0 Å². The number of nitrogens with zero attached hydrogens (tertiary/aromatic N) is 6. The topological polar surface area (TPSA) is 125 Å². The average molecular weight is 1100 g/mol. The fourth-order valence-corrected chi connectivity index (χ4v) is 10.0. The molecular weight excluding hydrogens is 1060 g/mol. The molecule has 0 radical (unpaired) electrons. The van der Waals surface area contributed by atoms with E-state index in [4.69, 9.17) is 23.8 Å². The molecule has 12 heteroatoms. The number of furan rings is 2. The van der Waals surface area contributed by atoms with Gasteiger partial charge in [0.15, 0.2) is 0 Å². The number of hydrogen-bond acceptors (Lipinski definition) is 10. The molecule has 8 aromatic carbocycles. The Morgan fingerprint density at radius 1 is 0.325 bits per heavy atom. The lowest BCUT2D eigenvalue weighted by Gasteiger charge is -2.24. The van der Waals surface area contributed by atoms with E-state index < -0.39 is 7.12 Å². The van der Waals surface area contributed by atoms with Gasteiger partial charge in [-0.15, -0.1) is 0 Å². The molecule has 14 rings (SSSR count). The molecular formula is C68H48BBrN6O4. The van der Waals surface area contributed by atoms with Gasteiger partial charge in [-0.3, -0.25) is 9.80 Å². The molecule has 0 fully saturated rings. The van der Waals surface area contributed by atoms with E-state index in [1.54, 1.807) is 12.1 Å². The average Bonchev–Trinajstić information content (AvgIpc) is 4.13. The summed E-state index contributed by atoms with van der Waals surface area (Å²) in [5.74, 6) is 3.20. The van der Waals surface area contributed by atoms with E-state index >= 15 is 0 Å². The van der Waals surface area contributed by atoms with Crippen LogP contribution in [0.25, 0.3) is 77.6 Å². The van der Waals surface area contributed by atoms with Gasteiger partial charge in [-0.1, -0.05) is 188 Å². The molecule has 0 aliphatic rings. The summed E-state index contributed by atoms with van der Waals surface area (Å²) in [6, 6.07) is 92.2. The van der Waals surface area contributed by atoms with Crippen LogP contribution in [0.5, 0.6) is 0 Å². The third-order valence-electron chi connectivity index (χ3n) is 13.4. The van der Waals surface area contributed by atoms with Crippen LogP contribution >= 0.6 is 15.9 Å². The second kappa shape index (κ2) is 23.3. The second-order valence-corrected chi connectivity index (χ2v) is 19.3. The van der Waals surface area contributed by atoms with Gasteiger partial charge in [0, 0.05) is 55.1 Å². The van der Waals surface area contributed by atoms with Crippen LogP contribution < -0.4 is 15.3 Å². The first-order valence-electron chi connectivity index (χ1n) is 26.0. The summed E-state index contributed by atoms with van der Waals surface area (Å²) in [6.07, 6.45) is 0. The maximum atomic E-state index is 9.24. The summed E-state index contributed by atoms with van der Waals surface area (Å²) >= 11 is 3.47. The third kappa shape index (κ3) is 10.8. The zero-order valence-corrected chi connectivity index (χ0v) is 44.5. The number of rotatable bonds is 10. The van der Waals surface area contributed by atoms with Gasteiger partial charge in [-0.2, -0.15) is 0 Å². The van der Waals surface area contributed by atoms with E-state index in [1.165, 1.54) is 0 Å². The molecule has 0 saturated heterocycles. The molecule has 0 bridgehead atoms. The van der Waals surface area contributed by atoms with Crippen LogP contribution in [0.3, 0.4) is 0 Å². The summed E-state index contributed by atoms with van der Waals surface area (Å²) in [6.45, 7) is 0. The summed E-state index contributed by atoms with van der Waals surface area (Å²) in [7, 11) is -1.51. The Kier molecular flexibility index (Phi) is 14.8. The number of anilines is 6. The molecule has 6 aromatic heterocycles. The number of hydrogen-bond donors (Lipinski definition) is 2. The van der Waals surface area contributed by atoms with Crippen LogP contribution in [-0.4, -0.2) is 37.1 Å². The molecule has 0 amide bonds. The van der Waals surface area contributed by atoms with Crippen LogP contribution in [0.4, 0.5) is 34.6 Å². The first-order valence-corrected chi connectivity index (χ1v) is 26.7. The highest BCUT2D eigenvalue weighted by atomic mass is 79.9. The van der Waals surface area contributed by atoms with Crippen molar-refractivity contribution in [1.29, 1.82) is 0 Å². The zero-order valence-electron chi connectivity index (χ0n) is 42.9. The maximum absolute atomic E-state index is 9.24. The zero-order chi connectivity index (χ0) is 54.2. The standard InChI is InChI=1S/C34H23N3O.C22H16BrN3.C12H9BO3/c1-3-12-24(13-4-1)29-19-10-22-32(35-29)37(25-14-5-2-6-15-25)33-23-11-20-30(36-33)28-18-9-17-27-26-16-7-8-21-31(26)38-34(27)28;23-20-14-8-16-22(25-20)26(18-11-5-2-6-12-18)21-15-7-13-19(24-21)17-9-3-1-4-10-17;14-13(15)10-6-3-5-9-8-4-1-2-7-11(8)16-12(9)10/h1-23H;1-16H;1-7,14-15H. The van der Waals surface area contributed by atoms with E-state index in [0.29, 0.717) is 11.0 Å². The quantitative estimate of drug-likeness (QED) is 0.101. The predicted octanol–water partition coefficient (Wildman–Crippen LogP) is 16.8. The molecule has 0 aliphatic carbocycles. The minimum Gasteiger partial charge on any atom is -0.456 e. The number of halogens is 1. The van der Waals surface area contributed by atoms with Gasteiger partial charge >= 0.3 is 7.12 Å². The van der Waals surface area contributed by atoms with Gasteiger partial charge in [-0.05, 0) is 107 Å². The lowest BCUT2D eigenvalue weighted by molar-refractivity contribution is 0.425. The minimum absolute atomic E-state index is 0.397. The highest BCUT2D eigenvalue weighted by molar-refractivity contribution is 9.10. The first kappa shape index (κ1) is 50.8. The van der Waals surface area contributed by atoms with E-state index in [9.17, 15) is 10.0 Å². The van der Waals surface area contributed by atoms with E-state index in [2.05, 4.69) is 104 Å². The van der Waals surface area contributed by atoms with Gasteiger partial charge in [0.05, 0.1) is 17.1 Å². The second-order valence-electron chi connectivity index (χ2n) is 18.5. The lowest BCUT2D eigenvalue weighted by Crippen LogP contribution is -2.29. The Balaban J connectivity index is 0.000000131. The fraction of sp³-hybridized carbons (Fsp3) is 0. The maximum Gasteiger partial charge on any atom is 0.492 e. The lowest BCUT2D eigenvalue weighted by atomic mass is 9.79. The number of benzene rings is 8. The molecule has 0 spiro atoms. The molecule has 0 atom stereocenters. The SMILES string of the molecule is Brc1cccc(N(c2ccccc2)c2cccc(-c3ccccc3)n2)n1.OB(O)c1cccc2c1oc1ccccc12.c1ccc(-c2cccc(N(c3ccccc3)c3cccc(-c4cccc5c4oc4ccccc45)n3)n2)cc1. The molecule has 14 aromatic rings. The Labute approximate surface area is 470 Å². The van der Waals surface area contributed by atoms with Crippen molar-refractivity contribution in [3.63, 3.8) is 0 Å². The molecule has 80 heavy (non-hydrogen) atoms. The van der Waals surface area contributed by atoms with Crippen molar-refractivity contribution in [2.24, 2.45) is 0 Å². The van der Waals surface area contributed by atoms with E-state index in [-0.39, 0.29) is 0 Å². The van der Waals surface area contributed by atoms with Crippen LogP contribution in [0.1, 0.15) is 0 Å². The fourth-order valence-electron chi connectivity index (χ4n) is 9.69. The van der Waals surface area contributed by atoms with Crippen molar-refractivity contribution in [3.8, 4) is 33.8 Å². The van der Waals surface area contributed by atoms with Crippen molar-refractivity contribution >= 4 is 107 Å². The van der Waals surface area contributed by atoms with Gasteiger partial charge < -0.3 is 18.9 Å². The number of aromatic nitrogens is 4. The highest BCUT2D eigenvalue weighted by Gasteiger charge is 2.21. The smallest absolute Gasteiger partial charge is 0.456 e. The van der Waals surface area contributed by atoms with Crippen LogP contribution in [0.15, 0.2) is 292 Å². The third-order valence-corrected chi connectivity index (χ3v) is 13.8. The van der Waals surface area contributed by atoms with Gasteiger partial charge in [0.1, 0.15) is 50.2 Å². The normalized spacial score (nSPS) is 10.9. The molecule has 0 aliphatic heterocycles. The summed E-state index contributed by atoms with van der Waals surface area (Å²) < 4.78 is 12.7. The minimum atomic E-state index is -1.51. The Morgan fingerprint density at radius 3 is 1.20 bits per heavy atom. The summed E-state index contributed by atoms with van der Waals surface area (Å²) in [5, 5.41) is 22.6. The highest BCUT2D eigenvalue weighted by Crippen LogP contribution is 2.39. The van der Waals surface area contributed by atoms with Crippen LogP contribution in [-0.2, 0) is 0 Å². The largest absolute Gasteiger partial charge is 0.492 e. The first-order chi connectivity index (χ1) is 39.4.